The first-order chi connectivity index (χ1) is 19.6. The van der Waals surface area contributed by atoms with Gasteiger partial charge in [-0.1, -0.05) is 44.2 Å². The number of hydrogen-bond acceptors (Lipinski definition) is 7. The first-order valence-electron chi connectivity index (χ1n) is 13.3. The average molecular weight is 566 g/mol. The molecule has 2 heterocycles. The maximum Gasteiger partial charge on any atom is 0.327 e. The summed E-state index contributed by atoms with van der Waals surface area (Å²) in [6.45, 7) is 5.35. The molecule has 0 bridgehead atoms. The van der Waals surface area contributed by atoms with Gasteiger partial charge < -0.3 is 15.0 Å². The quantitative estimate of drug-likeness (QED) is 0.417. The molecule has 0 radical (unpaired) electrons. The maximum atomic E-state index is 14.8. The van der Waals surface area contributed by atoms with Crippen molar-refractivity contribution in [3.63, 3.8) is 0 Å². The van der Waals surface area contributed by atoms with Gasteiger partial charge in [-0.05, 0) is 30.7 Å². The summed E-state index contributed by atoms with van der Waals surface area (Å²) in [5.74, 6) is -3.19. The Morgan fingerprint density at radius 2 is 1.63 bits per heavy atom. The van der Waals surface area contributed by atoms with E-state index in [4.69, 9.17) is 4.74 Å². The van der Waals surface area contributed by atoms with Crippen molar-refractivity contribution < 1.29 is 27.9 Å². The number of esters is 1. The van der Waals surface area contributed by atoms with Crippen LogP contribution in [0.2, 0.25) is 0 Å². The zero-order valence-corrected chi connectivity index (χ0v) is 23.4. The number of ether oxygens (including phenoxy) is 1. The predicted molar refractivity (Wildman–Crippen MR) is 147 cm³/mol. The van der Waals surface area contributed by atoms with E-state index in [1.165, 1.54) is 15.9 Å². The summed E-state index contributed by atoms with van der Waals surface area (Å²) >= 11 is 0. The van der Waals surface area contributed by atoms with Crippen LogP contribution < -0.4 is 5.32 Å². The monoisotopic (exact) mass is 565 g/mol. The summed E-state index contributed by atoms with van der Waals surface area (Å²) in [5, 5.41) is 2.88. The number of amides is 2. The molecule has 1 saturated heterocycles. The van der Waals surface area contributed by atoms with Crippen LogP contribution in [0.1, 0.15) is 37.9 Å². The second kappa shape index (κ2) is 12.9. The molecule has 4 rings (SSSR count). The molecule has 2 aromatic carbocycles. The van der Waals surface area contributed by atoms with Crippen LogP contribution in [0.3, 0.4) is 0 Å². The highest BCUT2D eigenvalue weighted by atomic mass is 19.1. The van der Waals surface area contributed by atoms with E-state index in [2.05, 4.69) is 15.3 Å². The second-order valence-electron chi connectivity index (χ2n) is 10.3. The van der Waals surface area contributed by atoms with Gasteiger partial charge in [0.25, 0.3) is 0 Å². The molecule has 1 fully saturated rings. The molecule has 9 nitrogen and oxygen atoms in total. The molecule has 1 aliphatic heterocycles. The van der Waals surface area contributed by atoms with Crippen molar-refractivity contribution in [1.82, 2.24) is 25.1 Å². The van der Waals surface area contributed by atoms with Gasteiger partial charge in [0.2, 0.25) is 11.8 Å². The van der Waals surface area contributed by atoms with Crippen molar-refractivity contribution in [1.29, 1.82) is 0 Å². The van der Waals surface area contributed by atoms with Crippen molar-refractivity contribution in [3.05, 3.63) is 83.7 Å². The van der Waals surface area contributed by atoms with Gasteiger partial charge in [-0.25, -0.2) is 23.5 Å². The van der Waals surface area contributed by atoms with E-state index in [-0.39, 0.29) is 25.5 Å². The van der Waals surface area contributed by atoms with Gasteiger partial charge in [0.15, 0.2) is 5.82 Å². The van der Waals surface area contributed by atoms with E-state index in [0.29, 0.717) is 5.82 Å². The van der Waals surface area contributed by atoms with Gasteiger partial charge >= 0.3 is 5.97 Å². The fourth-order valence-electron chi connectivity index (χ4n) is 5.07. The molecule has 1 aliphatic rings. The largest absolute Gasteiger partial charge is 0.468 e. The van der Waals surface area contributed by atoms with Crippen LogP contribution >= 0.6 is 0 Å². The zero-order chi connectivity index (χ0) is 29.7. The molecule has 0 spiro atoms. The summed E-state index contributed by atoms with van der Waals surface area (Å²) in [6, 6.07) is 9.44. The lowest BCUT2D eigenvalue weighted by molar-refractivity contribution is -0.157. The third kappa shape index (κ3) is 6.57. The number of aromatic nitrogens is 2. The number of carbonyl (C=O) groups is 3. The third-order valence-electron chi connectivity index (χ3n) is 7.08. The molecule has 11 heteroatoms. The number of nitrogens with one attached hydrogen (secondary N) is 1. The Hall–Kier alpha value is -4.25. The second-order valence-corrected chi connectivity index (χ2v) is 10.3. The van der Waals surface area contributed by atoms with Crippen molar-refractivity contribution in [2.45, 2.75) is 45.4 Å². The number of piperazine rings is 1. The van der Waals surface area contributed by atoms with E-state index < -0.39 is 53.1 Å². The molecule has 1 aromatic heterocycles. The number of hydrogen-bond donors (Lipinski definition) is 1. The Kier molecular flexibility index (Phi) is 9.38. The summed E-state index contributed by atoms with van der Waals surface area (Å²) in [6.07, 6.45) is 3.31. The van der Waals surface area contributed by atoms with Gasteiger partial charge in [0, 0.05) is 49.6 Å². The first kappa shape index (κ1) is 29.7. The summed E-state index contributed by atoms with van der Waals surface area (Å²) in [5.41, 5.74) is 1.17. The standard InChI is InChI=1S/C30H33F2N5O4/c1-18(2)29(39)37-19(3)16-36(26(30(40)41-4)25-22(31)7-5-8-23(25)32)17-24(37)28(38)35-15-20-9-11-21(12-10-20)27-33-13-6-14-34-27/h5-14,18-19,24,26H,15-17H2,1-4H3,(H,35,38)/t19-,24-,26?/m1/s1. The van der Waals surface area contributed by atoms with Crippen molar-refractivity contribution in [2.75, 3.05) is 20.2 Å². The van der Waals surface area contributed by atoms with Crippen molar-refractivity contribution >= 4 is 17.8 Å². The van der Waals surface area contributed by atoms with Crippen molar-refractivity contribution in [2.24, 2.45) is 5.92 Å². The minimum atomic E-state index is -1.44. The summed E-state index contributed by atoms with van der Waals surface area (Å²) in [7, 11) is 1.13. The topological polar surface area (TPSA) is 105 Å². The molecular formula is C30H33F2N5O4. The van der Waals surface area contributed by atoms with Gasteiger partial charge in [-0.15, -0.1) is 0 Å². The lowest BCUT2D eigenvalue weighted by Gasteiger charge is -2.47. The SMILES string of the molecule is COC(=O)C(c1c(F)cccc1F)N1C[C@@H](C)N(C(=O)C(C)C)[C@@H](C(=O)NCc2ccc(-c3ncccn3)cc2)C1. The lowest BCUT2D eigenvalue weighted by atomic mass is 9.97. The van der Waals surface area contributed by atoms with Crippen LogP contribution in [0.5, 0.6) is 0 Å². The zero-order valence-electron chi connectivity index (χ0n) is 23.4. The van der Waals surface area contributed by atoms with Crippen LogP contribution in [0.25, 0.3) is 11.4 Å². The van der Waals surface area contributed by atoms with E-state index >= 15 is 0 Å². The van der Waals surface area contributed by atoms with Crippen molar-refractivity contribution in [3.8, 4) is 11.4 Å². The number of rotatable bonds is 8. The highest BCUT2D eigenvalue weighted by Crippen LogP contribution is 2.32. The molecule has 2 amide bonds. The fraction of sp³-hybridized carbons (Fsp3) is 0.367. The van der Waals surface area contributed by atoms with E-state index in [0.717, 1.165) is 30.4 Å². The van der Waals surface area contributed by atoms with Gasteiger partial charge in [-0.2, -0.15) is 0 Å². The molecule has 3 atom stereocenters. The Labute approximate surface area is 237 Å². The van der Waals surface area contributed by atoms with Crippen LogP contribution in [0.15, 0.2) is 60.9 Å². The Morgan fingerprint density at radius 1 is 1.00 bits per heavy atom. The maximum absolute atomic E-state index is 14.8. The average Bonchev–Trinajstić information content (AvgIpc) is 2.97. The minimum absolute atomic E-state index is 0.0960. The molecule has 0 aliphatic carbocycles. The number of methoxy groups -OCH3 is 1. The molecular weight excluding hydrogens is 532 g/mol. The number of benzene rings is 2. The smallest absolute Gasteiger partial charge is 0.327 e. The summed E-state index contributed by atoms with van der Waals surface area (Å²) < 4.78 is 34.6. The van der Waals surface area contributed by atoms with Gasteiger partial charge in [-0.3, -0.25) is 14.5 Å². The highest BCUT2D eigenvalue weighted by Gasteiger charge is 2.45. The number of halogens is 2. The fourth-order valence-corrected chi connectivity index (χ4v) is 5.07. The molecule has 41 heavy (non-hydrogen) atoms. The Morgan fingerprint density at radius 3 is 2.22 bits per heavy atom. The van der Waals surface area contributed by atoms with Gasteiger partial charge in [0.1, 0.15) is 23.7 Å². The summed E-state index contributed by atoms with van der Waals surface area (Å²) in [4.78, 5) is 51.2. The minimum Gasteiger partial charge on any atom is -0.468 e. The van der Waals surface area contributed by atoms with Crippen LogP contribution in [-0.2, 0) is 25.7 Å². The van der Waals surface area contributed by atoms with Crippen LogP contribution in [0.4, 0.5) is 8.78 Å². The van der Waals surface area contributed by atoms with E-state index in [1.54, 1.807) is 39.2 Å². The highest BCUT2D eigenvalue weighted by molar-refractivity contribution is 5.89. The first-order valence-corrected chi connectivity index (χ1v) is 13.3. The van der Waals surface area contributed by atoms with Crippen LogP contribution in [-0.4, -0.2) is 69.8 Å². The molecule has 0 saturated carbocycles. The number of carbonyl (C=O) groups excluding carboxylic acids is 3. The molecule has 1 N–H and O–H groups in total. The van der Waals surface area contributed by atoms with E-state index in [1.807, 2.05) is 24.3 Å². The molecule has 1 unspecified atom stereocenters. The number of nitrogens with zero attached hydrogens (tertiary/aromatic N) is 4. The normalized spacial score (nSPS) is 18.2. The van der Waals surface area contributed by atoms with Crippen LogP contribution in [0, 0.1) is 17.6 Å². The van der Waals surface area contributed by atoms with Gasteiger partial charge in [0.05, 0.1) is 12.7 Å². The Bertz CT molecular complexity index is 1370. The predicted octanol–water partition coefficient (Wildman–Crippen LogP) is 3.51. The van der Waals surface area contributed by atoms with E-state index in [9.17, 15) is 23.2 Å². The lowest BCUT2D eigenvalue weighted by Crippen LogP contribution is -2.65. The third-order valence-corrected chi connectivity index (χ3v) is 7.08. The molecule has 216 valence electrons. The Balaban J connectivity index is 1.59. The molecule has 3 aromatic rings.